The fourth-order valence-electron chi connectivity index (χ4n) is 1.73. The van der Waals surface area contributed by atoms with Gasteiger partial charge in [0.05, 0.1) is 14.2 Å². The summed E-state index contributed by atoms with van der Waals surface area (Å²) < 4.78 is 48.1. The molecule has 0 radical (unpaired) electrons. The molecular weight excluding hydrogens is 337 g/mol. The van der Waals surface area contributed by atoms with Gasteiger partial charge in [0.2, 0.25) is 11.8 Å². The van der Waals surface area contributed by atoms with Gasteiger partial charge in [-0.2, -0.15) is 13.2 Å². The first-order valence-corrected chi connectivity index (χ1v) is 6.88. The van der Waals surface area contributed by atoms with Crippen molar-refractivity contribution in [1.29, 1.82) is 0 Å². The van der Waals surface area contributed by atoms with Crippen LogP contribution < -0.4 is 14.8 Å². The zero-order valence-corrected chi connectivity index (χ0v) is 13.0. The van der Waals surface area contributed by atoms with E-state index in [2.05, 4.69) is 20.3 Å². The SMILES string of the molecule is COc1ncnc(OC)c1C(=O)Nc1nc(C(F)(F)F)c(C)s1. The Morgan fingerprint density at radius 3 is 2.22 bits per heavy atom. The van der Waals surface area contributed by atoms with Crippen molar-refractivity contribution in [2.45, 2.75) is 13.1 Å². The van der Waals surface area contributed by atoms with Crippen LogP contribution in [0.25, 0.3) is 0 Å². The number of aryl methyl sites for hydroxylation is 1. The summed E-state index contributed by atoms with van der Waals surface area (Å²) in [6, 6.07) is 0. The number of nitrogens with zero attached hydrogens (tertiary/aromatic N) is 3. The first kappa shape index (κ1) is 16.9. The molecule has 0 spiro atoms. The Morgan fingerprint density at radius 2 is 1.78 bits per heavy atom. The predicted octanol–water partition coefficient (Wildman–Crippen LogP) is 2.53. The zero-order valence-electron chi connectivity index (χ0n) is 12.2. The summed E-state index contributed by atoms with van der Waals surface area (Å²) in [6.07, 6.45) is -3.46. The van der Waals surface area contributed by atoms with Gasteiger partial charge in [0.25, 0.3) is 5.91 Å². The number of halogens is 3. The van der Waals surface area contributed by atoms with Crippen LogP contribution in [0.5, 0.6) is 11.8 Å². The van der Waals surface area contributed by atoms with Crippen molar-refractivity contribution in [3.05, 3.63) is 22.5 Å². The number of aromatic nitrogens is 3. The monoisotopic (exact) mass is 348 g/mol. The van der Waals surface area contributed by atoms with E-state index in [0.29, 0.717) is 11.3 Å². The van der Waals surface area contributed by atoms with E-state index in [1.165, 1.54) is 21.1 Å². The molecule has 0 bridgehead atoms. The third kappa shape index (κ3) is 3.50. The number of carbonyl (C=O) groups excluding carboxylic acids is 1. The number of rotatable bonds is 4. The molecule has 0 aliphatic carbocycles. The fraction of sp³-hybridized carbons (Fsp3) is 0.333. The smallest absolute Gasteiger partial charge is 0.434 e. The molecule has 0 saturated heterocycles. The van der Waals surface area contributed by atoms with Gasteiger partial charge in [-0.1, -0.05) is 0 Å². The quantitative estimate of drug-likeness (QED) is 0.914. The summed E-state index contributed by atoms with van der Waals surface area (Å²) in [5.41, 5.74) is -1.18. The number of thiazole rings is 1. The van der Waals surface area contributed by atoms with Crippen molar-refractivity contribution in [2.24, 2.45) is 0 Å². The van der Waals surface area contributed by atoms with Crippen LogP contribution in [-0.2, 0) is 6.18 Å². The van der Waals surface area contributed by atoms with Crippen LogP contribution in [0.3, 0.4) is 0 Å². The zero-order chi connectivity index (χ0) is 17.2. The van der Waals surface area contributed by atoms with Crippen molar-refractivity contribution in [2.75, 3.05) is 19.5 Å². The lowest BCUT2D eigenvalue weighted by molar-refractivity contribution is -0.141. The van der Waals surface area contributed by atoms with E-state index in [1.54, 1.807) is 0 Å². The number of amides is 1. The van der Waals surface area contributed by atoms with Gasteiger partial charge in [-0.15, -0.1) is 11.3 Å². The lowest BCUT2D eigenvalue weighted by Crippen LogP contribution is -2.16. The number of anilines is 1. The van der Waals surface area contributed by atoms with Gasteiger partial charge in [-0.25, -0.2) is 15.0 Å². The molecule has 0 fully saturated rings. The molecule has 0 aliphatic rings. The third-order valence-corrected chi connectivity index (χ3v) is 3.56. The maximum absolute atomic E-state index is 12.7. The normalized spacial score (nSPS) is 11.2. The van der Waals surface area contributed by atoms with Crippen molar-refractivity contribution < 1.29 is 27.4 Å². The number of hydrogen-bond acceptors (Lipinski definition) is 7. The molecular formula is C12H11F3N4O3S. The van der Waals surface area contributed by atoms with Crippen molar-refractivity contribution in [1.82, 2.24) is 15.0 Å². The highest BCUT2D eigenvalue weighted by Crippen LogP contribution is 2.36. The lowest BCUT2D eigenvalue weighted by Gasteiger charge is -2.09. The van der Waals surface area contributed by atoms with Gasteiger partial charge in [0, 0.05) is 4.88 Å². The minimum atomic E-state index is -4.59. The van der Waals surface area contributed by atoms with Crippen LogP contribution in [0.4, 0.5) is 18.3 Å². The van der Waals surface area contributed by atoms with Crippen LogP contribution in [0, 0.1) is 6.92 Å². The van der Waals surface area contributed by atoms with Crippen LogP contribution >= 0.6 is 11.3 Å². The Bertz CT molecular complexity index is 711. The molecule has 23 heavy (non-hydrogen) atoms. The van der Waals surface area contributed by atoms with E-state index in [4.69, 9.17) is 9.47 Å². The number of nitrogens with one attached hydrogen (secondary N) is 1. The largest absolute Gasteiger partial charge is 0.480 e. The second-order valence-electron chi connectivity index (χ2n) is 4.14. The number of ether oxygens (including phenoxy) is 2. The number of carbonyl (C=O) groups is 1. The minimum Gasteiger partial charge on any atom is -0.480 e. The molecule has 2 aromatic heterocycles. The number of methoxy groups -OCH3 is 2. The summed E-state index contributed by atoms with van der Waals surface area (Å²) in [5, 5.41) is 2.07. The summed E-state index contributed by atoms with van der Waals surface area (Å²) in [6.45, 7) is 1.27. The molecule has 1 amide bonds. The van der Waals surface area contributed by atoms with Crippen molar-refractivity contribution in [3.63, 3.8) is 0 Å². The molecule has 0 aliphatic heterocycles. The average Bonchev–Trinajstić information content (AvgIpc) is 2.86. The minimum absolute atomic E-state index is 0.0592. The first-order valence-electron chi connectivity index (χ1n) is 6.06. The molecule has 1 N–H and O–H groups in total. The molecule has 0 saturated carbocycles. The molecule has 7 nitrogen and oxygen atoms in total. The molecule has 2 aromatic rings. The highest BCUT2D eigenvalue weighted by atomic mass is 32.1. The molecule has 0 atom stereocenters. The summed E-state index contributed by atoms with van der Waals surface area (Å²) >= 11 is 0.706. The fourth-order valence-corrected chi connectivity index (χ4v) is 2.56. The number of alkyl halides is 3. The summed E-state index contributed by atoms with van der Waals surface area (Å²) in [4.78, 5) is 23.1. The van der Waals surface area contributed by atoms with Gasteiger partial charge < -0.3 is 9.47 Å². The van der Waals surface area contributed by atoms with Gasteiger partial charge in [-0.05, 0) is 6.92 Å². The van der Waals surface area contributed by atoms with Crippen LogP contribution in [0.2, 0.25) is 0 Å². The predicted molar refractivity (Wildman–Crippen MR) is 74.9 cm³/mol. The van der Waals surface area contributed by atoms with Gasteiger partial charge in [0.15, 0.2) is 16.4 Å². The Kier molecular flexibility index (Phi) is 4.68. The van der Waals surface area contributed by atoms with Gasteiger partial charge in [0.1, 0.15) is 6.33 Å². The Hall–Kier alpha value is -2.43. The lowest BCUT2D eigenvalue weighted by atomic mass is 10.3. The van der Waals surface area contributed by atoms with E-state index >= 15 is 0 Å². The Morgan fingerprint density at radius 1 is 1.22 bits per heavy atom. The van der Waals surface area contributed by atoms with Crippen LogP contribution in [0.1, 0.15) is 20.9 Å². The highest BCUT2D eigenvalue weighted by Gasteiger charge is 2.36. The van der Waals surface area contributed by atoms with E-state index in [9.17, 15) is 18.0 Å². The third-order valence-electron chi connectivity index (χ3n) is 2.68. The molecule has 11 heteroatoms. The summed E-state index contributed by atoms with van der Waals surface area (Å²) in [7, 11) is 2.57. The molecule has 124 valence electrons. The van der Waals surface area contributed by atoms with E-state index in [0.717, 1.165) is 6.33 Å². The van der Waals surface area contributed by atoms with E-state index in [1.807, 2.05) is 0 Å². The van der Waals surface area contributed by atoms with Crippen LogP contribution in [0.15, 0.2) is 6.33 Å². The maximum atomic E-state index is 12.7. The first-order chi connectivity index (χ1) is 10.8. The Labute approximate surface area is 132 Å². The Balaban J connectivity index is 2.34. The molecule has 0 unspecified atom stereocenters. The van der Waals surface area contributed by atoms with Crippen molar-refractivity contribution in [3.8, 4) is 11.8 Å². The van der Waals surface area contributed by atoms with Crippen molar-refractivity contribution >= 4 is 22.4 Å². The maximum Gasteiger partial charge on any atom is 0.434 e. The highest BCUT2D eigenvalue weighted by molar-refractivity contribution is 7.15. The van der Waals surface area contributed by atoms with E-state index < -0.39 is 17.8 Å². The number of hydrogen-bond donors (Lipinski definition) is 1. The van der Waals surface area contributed by atoms with Gasteiger partial charge in [-0.3, -0.25) is 10.1 Å². The second kappa shape index (κ2) is 6.36. The topological polar surface area (TPSA) is 86.2 Å². The standard InChI is InChI=1S/C12H11F3N4O3S/c1-5-7(12(13,14)15)18-11(23-5)19-8(20)6-9(21-2)16-4-17-10(6)22-3/h4H,1-3H3,(H,18,19,20). The summed E-state index contributed by atoms with van der Waals surface area (Å²) in [5.74, 6) is -0.931. The molecule has 2 heterocycles. The van der Waals surface area contributed by atoms with Crippen LogP contribution in [-0.4, -0.2) is 35.1 Å². The molecule has 0 aromatic carbocycles. The second-order valence-corrected chi connectivity index (χ2v) is 5.35. The van der Waals surface area contributed by atoms with E-state index in [-0.39, 0.29) is 27.3 Å². The average molecular weight is 348 g/mol. The van der Waals surface area contributed by atoms with Gasteiger partial charge >= 0.3 is 6.18 Å². The molecule has 2 rings (SSSR count).